The molecule has 2 aliphatic rings. The molecule has 1 saturated heterocycles. The van der Waals surface area contributed by atoms with Crippen molar-refractivity contribution >= 4 is 34.6 Å². The first kappa shape index (κ1) is 23.5. The summed E-state index contributed by atoms with van der Waals surface area (Å²) in [5, 5.41) is 12.6. The van der Waals surface area contributed by atoms with E-state index in [0.29, 0.717) is 11.1 Å². The number of ether oxygens (including phenoxy) is 1. The van der Waals surface area contributed by atoms with E-state index in [1.54, 1.807) is 31.2 Å². The van der Waals surface area contributed by atoms with Crippen molar-refractivity contribution in [1.29, 1.82) is 0 Å². The summed E-state index contributed by atoms with van der Waals surface area (Å²) in [5.74, 6) is -1.60. The first-order valence-electron chi connectivity index (χ1n) is 10.4. The monoisotopic (exact) mass is 483 g/mol. The highest BCUT2D eigenvalue weighted by atomic mass is 32.2. The van der Waals surface area contributed by atoms with Crippen LogP contribution in [0.1, 0.15) is 18.1 Å². The molecule has 0 spiro atoms. The van der Waals surface area contributed by atoms with Crippen LogP contribution in [0.25, 0.3) is 0 Å². The maximum atomic E-state index is 12.8. The molecule has 1 N–H and O–H groups in total. The Morgan fingerprint density at radius 3 is 2.47 bits per heavy atom. The van der Waals surface area contributed by atoms with Gasteiger partial charge in [-0.15, -0.1) is 0 Å². The lowest BCUT2D eigenvalue weighted by Crippen LogP contribution is -2.74. The van der Waals surface area contributed by atoms with E-state index in [4.69, 9.17) is 4.74 Å². The Hall–Kier alpha value is -3.70. The van der Waals surface area contributed by atoms with E-state index >= 15 is 0 Å². The average Bonchev–Trinajstić information content (AvgIpc) is 2.81. The van der Waals surface area contributed by atoms with Crippen LogP contribution in [0.5, 0.6) is 0 Å². The van der Waals surface area contributed by atoms with Gasteiger partial charge in [0.05, 0.1) is 11.3 Å². The van der Waals surface area contributed by atoms with Gasteiger partial charge in [0, 0.05) is 17.7 Å². The zero-order chi connectivity index (χ0) is 24.4. The highest BCUT2D eigenvalue weighted by Crippen LogP contribution is 2.37. The Morgan fingerprint density at radius 2 is 1.82 bits per heavy atom. The number of esters is 1. The summed E-state index contributed by atoms with van der Waals surface area (Å²) in [6, 6.07) is 13.6. The topological polar surface area (TPSA) is 142 Å². The zero-order valence-electron chi connectivity index (χ0n) is 18.1. The number of nitro groups is 1. The summed E-state index contributed by atoms with van der Waals surface area (Å²) >= 11 is -1.50. The number of β-lactam (4-membered cyclic amide) rings is 1. The van der Waals surface area contributed by atoms with Crippen molar-refractivity contribution < 1.29 is 28.6 Å². The fourth-order valence-corrected chi connectivity index (χ4v) is 5.55. The Bertz CT molecular complexity index is 1170. The lowest BCUT2D eigenvalue weighted by molar-refractivity contribution is -0.384. The molecule has 2 heterocycles. The smallest absolute Gasteiger partial charge is 0.355 e. The molecule has 34 heavy (non-hydrogen) atoms. The van der Waals surface area contributed by atoms with Crippen LogP contribution in [0.4, 0.5) is 5.69 Å². The second-order valence-electron chi connectivity index (χ2n) is 7.96. The van der Waals surface area contributed by atoms with Crippen molar-refractivity contribution in [3.8, 4) is 0 Å². The molecule has 2 aromatic carbocycles. The molecule has 2 unspecified atom stereocenters. The van der Waals surface area contributed by atoms with Crippen molar-refractivity contribution in [3.63, 3.8) is 0 Å². The summed E-state index contributed by atoms with van der Waals surface area (Å²) in [5.41, 5.74) is 1.70. The van der Waals surface area contributed by atoms with Gasteiger partial charge in [0.15, 0.2) is 6.04 Å². The minimum Gasteiger partial charge on any atom is -0.614 e. The predicted octanol–water partition coefficient (Wildman–Crippen LogP) is 1.57. The predicted molar refractivity (Wildman–Crippen MR) is 121 cm³/mol. The molecule has 0 bridgehead atoms. The van der Waals surface area contributed by atoms with E-state index in [2.05, 4.69) is 5.32 Å². The number of non-ortho nitro benzene ring substituents is 1. The number of hydrogen-bond acceptors (Lipinski definition) is 7. The number of nitrogens with one attached hydrogen (secondary N) is 1. The van der Waals surface area contributed by atoms with Crippen molar-refractivity contribution in [2.45, 2.75) is 31.4 Å². The van der Waals surface area contributed by atoms with Gasteiger partial charge in [-0.1, -0.05) is 30.3 Å². The molecule has 176 valence electrons. The number of nitro benzene ring substituents is 1. The summed E-state index contributed by atoms with van der Waals surface area (Å²) in [7, 11) is 0. The van der Waals surface area contributed by atoms with Gasteiger partial charge in [0.1, 0.15) is 18.1 Å². The largest absolute Gasteiger partial charge is 0.614 e. The maximum absolute atomic E-state index is 12.8. The summed E-state index contributed by atoms with van der Waals surface area (Å²) in [6.07, 6.45) is 0.0724. The average molecular weight is 484 g/mol. The molecule has 4 rings (SSSR count). The van der Waals surface area contributed by atoms with Gasteiger partial charge >= 0.3 is 5.97 Å². The van der Waals surface area contributed by atoms with Crippen LogP contribution in [0.3, 0.4) is 0 Å². The highest BCUT2D eigenvalue weighted by Gasteiger charge is 2.60. The van der Waals surface area contributed by atoms with E-state index in [9.17, 15) is 29.1 Å². The molecule has 2 amide bonds. The Morgan fingerprint density at radius 1 is 1.15 bits per heavy atom. The lowest BCUT2D eigenvalue weighted by Gasteiger charge is -2.49. The number of carbonyl (C=O) groups excluding carboxylic acids is 3. The fourth-order valence-electron chi connectivity index (χ4n) is 3.89. The number of rotatable bonds is 7. The van der Waals surface area contributed by atoms with Crippen LogP contribution in [0, 0.1) is 10.1 Å². The third kappa shape index (κ3) is 4.66. The van der Waals surface area contributed by atoms with Crippen LogP contribution in [-0.4, -0.2) is 49.3 Å². The van der Waals surface area contributed by atoms with Crippen LogP contribution < -0.4 is 5.32 Å². The Kier molecular flexibility index (Phi) is 6.66. The highest BCUT2D eigenvalue weighted by molar-refractivity contribution is 7.92. The van der Waals surface area contributed by atoms with Crippen LogP contribution in [0.15, 0.2) is 65.9 Å². The van der Waals surface area contributed by atoms with E-state index in [1.165, 1.54) is 24.3 Å². The van der Waals surface area contributed by atoms with Crippen LogP contribution >= 0.6 is 0 Å². The number of benzene rings is 2. The van der Waals surface area contributed by atoms with Crippen molar-refractivity contribution in [1.82, 2.24) is 10.2 Å². The van der Waals surface area contributed by atoms with Gasteiger partial charge < -0.3 is 14.6 Å². The van der Waals surface area contributed by atoms with Gasteiger partial charge in [-0.2, -0.15) is 0 Å². The van der Waals surface area contributed by atoms with Gasteiger partial charge in [-0.3, -0.25) is 24.6 Å². The molecule has 3 atom stereocenters. The molecule has 0 aliphatic carbocycles. The molecule has 0 saturated carbocycles. The molecule has 2 aliphatic heterocycles. The van der Waals surface area contributed by atoms with E-state index < -0.39 is 39.4 Å². The van der Waals surface area contributed by atoms with E-state index in [-0.39, 0.29) is 36.1 Å². The fraction of sp³-hybridized carbons (Fsp3) is 0.261. The van der Waals surface area contributed by atoms with Gasteiger partial charge in [0.25, 0.3) is 11.6 Å². The first-order valence-corrected chi connectivity index (χ1v) is 11.8. The molecule has 11 heteroatoms. The minimum atomic E-state index is -1.50. The third-order valence-corrected chi connectivity index (χ3v) is 7.29. The standard InChI is InChI=1S/C23H21N3O7S/c1-14-13-34(32)22-19(24-18(27)11-15-5-3-2-4-6-15)21(28)25(22)20(14)23(29)33-12-16-7-9-17(10-8-16)26(30)31/h2-10,19,22H,11-13H2,1H3,(H,24,27)/t19?,22-,34?/m0/s1. The molecular weight excluding hydrogens is 462 g/mol. The number of nitrogens with zero attached hydrogens (tertiary/aromatic N) is 2. The quantitative estimate of drug-likeness (QED) is 0.207. The number of fused-ring (bicyclic) bond motifs is 1. The number of amides is 2. The molecule has 1 fully saturated rings. The molecule has 10 nitrogen and oxygen atoms in total. The third-order valence-electron chi connectivity index (χ3n) is 5.55. The maximum Gasteiger partial charge on any atom is 0.355 e. The Balaban J connectivity index is 1.41. The van der Waals surface area contributed by atoms with Crippen LogP contribution in [-0.2, 0) is 43.3 Å². The van der Waals surface area contributed by atoms with Crippen molar-refractivity contribution in [2.75, 3.05) is 5.75 Å². The van der Waals surface area contributed by atoms with E-state index in [0.717, 1.165) is 10.5 Å². The minimum absolute atomic E-state index is 0.0186. The van der Waals surface area contributed by atoms with Gasteiger partial charge in [-0.05, 0) is 41.4 Å². The van der Waals surface area contributed by atoms with Crippen molar-refractivity contribution in [3.05, 3.63) is 87.1 Å². The second-order valence-corrected chi connectivity index (χ2v) is 9.49. The van der Waals surface area contributed by atoms with Crippen LogP contribution in [0.2, 0.25) is 0 Å². The summed E-state index contributed by atoms with van der Waals surface area (Å²) in [4.78, 5) is 49.4. The lowest BCUT2D eigenvalue weighted by atomic mass is 10.0. The normalized spacial score (nSPS) is 21.4. The second kappa shape index (κ2) is 9.65. The summed E-state index contributed by atoms with van der Waals surface area (Å²) < 4.78 is 18.0. The molecular formula is C23H21N3O7S. The van der Waals surface area contributed by atoms with Crippen molar-refractivity contribution in [2.24, 2.45) is 0 Å². The molecule has 0 aromatic heterocycles. The molecule has 2 aromatic rings. The van der Waals surface area contributed by atoms with E-state index in [1.807, 2.05) is 6.07 Å². The Labute approximate surface area is 197 Å². The molecule has 0 radical (unpaired) electrons. The summed E-state index contributed by atoms with van der Waals surface area (Å²) in [6.45, 7) is 1.45. The van der Waals surface area contributed by atoms with Gasteiger partial charge in [0.2, 0.25) is 11.3 Å². The number of carbonyl (C=O) groups is 3. The first-order chi connectivity index (χ1) is 16.3. The SMILES string of the molecule is CC1=C(C(=O)OCc2ccc([N+](=O)[O-])cc2)N2C(=O)C(NC(=O)Cc3ccccc3)[C@@H]2[S+]([O-])C1. The zero-order valence-corrected chi connectivity index (χ0v) is 18.9. The van der Waals surface area contributed by atoms with Gasteiger partial charge in [-0.25, -0.2) is 4.79 Å². The number of hydrogen-bond donors (Lipinski definition) is 1.